The number of carbonyl (C=O) groups excluding carboxylic acids is 1. The third-order valence-corrected chi connectivity index (χ3v) is 4.37. The summed E-state index contributed by atoms with van der Waals surface area (Å²) in [5.74, 6) is -0.417. The summed E-state index contributed by atoms with van der Waals surface area (Å²) in [5.41, 5.74) is 2.82. The van der Waals surface area contributed by atoms with Gasteiger partial charge in [-0.15, -0.1) is 0 Å². The molecule has 3 rings (SSSR count). The van der Waals surface area contributed by atoms with E-state index in [0.29, 0.717) is 0 Å². The molecule has 24 heavy (non-hydrogen) atoms. The van der Waals surface area contributed by atoms with E-state index < -0.39 is 5.91 Å². The lowest BCUT2D eigenvalue weighted by molar-refractivity contribution is -0.116. The highest BCUT2D eigenvalue weighted by Crippen LogP contribution is 2.18. The predicted octanol–water partition coefficient (Wildman–Crippen LogP) is 2.85. The number of aromatic nitrogens is 1. The molecule has 1 amide bonds. The number of amides is 1. The Kier molecular flexibility index (Phi) is 5.11. The van der Waals surface area contributed by atoms with E-state index in [1.54, 1.807) is 6.07 Å². The minimum absolute atomic E-state index is 0.145. The number of H-pyrrole nitrogens is 1. The SMILES string of the molecule is CN(OCc1ccccc1)C(=O)c1cc2c([nH]c1=O)CCCCC2. The molecular weight excluding hydrogens is 304 g/mol. The third-order valence-electron chi connectivity index (χ3n) is 4.37. The van der Waals surface area contributed by atoms with Crippen molar-refractivity contribution in [1.82, 2.24) is 10.0 Å². The molecule has 1 aromatic heterocycles. The minimum atomic E-state index is -0.417. The van der Waals surface area contributed by atoms with Crippen molar-refractivity contribution in [3.8, 4) is 0 Å². The first-order valence-corrected chi connectivity index (χ1v) is 8.35. The smallest absolute Gasteiger partial charge is 0.282 e. The Labute approximate surface area is 141 Å². The molecule has 2 aromatic rings. The second kappa shape index (κ2) is 7.45. The molecule has 5 heteroatoms. The molecule has 0 bridgehead atoms. The van der Waals surface area contributed by atoms with Crippen LogP contribution in [0.3, 0.4) is 0 Å². The van der Waals surface area contributed by atoms with E-state index in [9.17, 15) is 9.59 Å². The largest absolute Gasteiger partial charge is 0.325 e. The predicted molar refractivity (Wildman–Crippen MR) is 91.6 cm³/mol. The van der Waals surface area contributed by atoms with E-state index in [-0.39, 0.29) is 17.7 Å². The molecule has 0 fully saturated rings. The van der Waals surface area contributed by atoms with Gasteiger partial charge >= 0.3 is 0 Å². The Balaban J connectivity index is 1.74. The van der Waals surface area contributed by atoms with Crippen LogP contribution in [0.5, 0.6) is 0 Å². The van der Waals surface area contributed by atoms with Gasteiger partial charge in [0.05, 0.1) is 0 Å². The van der Waals surface area contributed by atoms with Gasteiger partial charge in [0.15, 0.2) is 0 Å². The molecule has 1 heterocycles. The minimum Gasteiger partial charge on any atom is -0.325 e. The summed E-state index contributed by atoms with van der Waals surface area (Å²) >= 11 is 0. The molecule has 1 aliphatic rings. The number of carbonyl (C=O) groups is 1. The quantitative estimate of drug-likeness (QED) is 0.694. The molecule has 5 nitrogen and oxygen atoms in total. The van der Waals surface area contributed by atoms with Crippen LogP contribution < -0.4 is 5.56 Å². The number of benzene rings is 1. The molecule has 1 aliphatic carbocycles. The van der Waals surface area contributed by atoms with Crippen LogP contribution >= 0.6 is 0 Å². The van der Waals surface area contributed by atoms with Crippen molar-refractivity contribution >= 4 is 5.91 Å². The normalized spacial score (nSPS) is 13.9. The Morgan fingerprint density at radius 2 is 1.92 bits per heavy atom. The van der Waals surface area contributed by atoms with Crippen molar-refractivity contribution in [1.29, 1.82) is 0 Å². The molecular formula is C19H22N2O3. The number of pyridine rings is 1. The maximum absolute atomic E-state index is 12.5. The molecule has 0 spiro atoms. The van der Waals surface area contributed by atoms with Gasteiger partial charge in [-0.05, 0) is 42.9 Å². The van der Waals surface area contributed by atoms with Gasteiger partial charge in [0.1, 0.15) is 12.2 Å². The van der Waals surface area contributed by atoms with E-state index in [0.717, 1.165) is 54.0 Å². The van der Waals surface area contributed by atoms with Crippen molar-refractivity contribution in [2.75, 3.05) is 7.05 Å². The van der Waals surface area contributed by atoms with Gasteiger partial charge in [0.25, 0.3) is 11.5 Å². The van der Waals surface area contributed by atoms with Crippen molar-refractivity contribution in [2.24, 2.45) is 0 Å². The van der Waals surface area contributed by atoms with Crippen LogP contribution in [0.25, 0.3) is 0 Å². The summed E-state index contributed by atoms with van der Waals surface area (Å²) in [5, 5.41) is 1.14. The number of nitrogens with zero attached hydrogens (tertiary/aromatic N) is 1. The summed E-state index contributed by atoms with van der Waals surface area (Å²) in [6.07, 6.45) is 5.10. The van der Waals surface area contributed by atoms with Crippen molar-refractivity contribution in [3.63, 3.8) is 0 Å². The number of hydrogen-bond acceptors (Lipinski definition) is 3. The Bertz CT molecular complexity index is 768. The number of fused-ring (bicyclic) bond motifs is 1. The zero-order chi connectivity index (χ0) is 16.9. The number of nitrogens with one attached hydrogen (secondary N) is 1. The number of aromatic amines is 1. The van der Waals surface area contributed by atoms with Gasteiger partial charge in [-0.25, -0.2) is 5.06 Å². The second-order valence-corrected chi connectivity index (χ2v) is 6.14. The number of hydroxylamine groups is 2. The summed E-state index contributed by atoms with van der Waals surface area (Å²) in [4.78, 5) is 33.2. The van der Waals surface area contributed by atoms with Crippen LogP contribution in [0.1, 0.15) is 46.4 Å². The second-order valence-electron chi connectivity index (χ2n) is 6.14. The van der Waals surface area contributed by atoms with Crippen molar-refractivity contribution < 1.29 is 9.63 Å². The standard InChI is InChI=1S/C19H22N2O3/c1-21(24-13-14-8-4-2-5-9-14)19(23)16-12-15-10-6-3-7-11-17(15)20-18(16)22/h2,4-5,8-9,12H,3,6-7,10-11,13H2,1H3,(H,20,22). The number of aryl methyl sites for hydroxylation is 2. The maximum atomic E-state index is 12.5. The van der Waals surface area contributed by atoms with Gasteiger partial charge in [0, 0.05) is 12.7 Å². The highest BCUT2D eigenvalue weighted by atomic mass is 16.7. The average Bonchev–Trinajstić information content (AvgIpc) is 2.84. The van der Waals surface area contributed by atoms with Crippen molar-refractivity contribution in [2.45, 2.75) is 38.7 Å². The average molecular weight is 326 g/mol. The van der Waals surface area contributed by atoms with Crippen molar-refractivity contribution in [3.05, 3.63) is 69.1 Å². The lowest BCUT2D eigenvalue weighted by Gasteiger charge is -2.17. The molecule has 0 aliphatic heterocycles. The molecule has 0 radical (unpaired) electrons. The Morgan fingerprint density at radius 1 is 1.17 bits per heavy atom. The lowest BCUT2D eigenvalue weighted by Crippen LogP contribution is -2.32. The molecule has 1 N–H and O–H groups in total. The van der Waals surface area contributed by atoms with E-state index in [2.05, 4.69) is 4.98 Å². The first-order valence-electron chi connectivity index (χ1n) is 8.35. The summed E-state index contributed by atoms with van der Waals surface area (Å²) < 4.78 is 0. The topological polar surface area (TPSA) is 62.4 Å². The molecule has 0 saturated heterocycles. The van der Waals surface area contributed by atoms with Gasteiger partial charge in [-0.1, -0.05) is 36.8 Å². The molecule has 0 atom stereocenters. The number of hydrogen-bond donors (Lipinski definition) is 1. The van der Waals surface area contributed by atoms with Crippen LogP contribution in [-0.4, -0.2) is 23.0 Å². The zero-order valence-electron chi connectivity index (χ0n) is 13.9. The molecule has 0 unspecified atom stereocenters. The third kappa shape index (κ3) is 3.74. The van der Waals surface area contributed by atoms with Gasteiger partial charge in [0.2, 0.25) is 0 Å². The molecule has 0 saturated carbocycles. The first-order chi connectivity index (χ1) is 11.6. The highest BCUT2D eigenvalue weighted by molar-refractivity contribution is 5.93. The first kappa shape index (κ1) is 16.5. The molecule has 126 valence electrons. The zero-order valence-corrected chi connectivity index (χ0v) is 13.9. The fourth-order valence-corrected chi connectivity index (χ4v) is 2.98. The molecule has 1 aromatic carbocycles. The summed E-state index contributed by atoms with van der Waals surface area (Å²) in [6, 6.07) is 11.3. The van der Waals surface area contributed by atoms with E-state index >= 15 is 0 Å². The van der Waals surface area contributed by atoms with Crippen LogP contribution in [0, 0.1) is 0 Å². The Morgan fingerprint density at radius 3 is 2.71 bits per heavy atom. The van der Waals surface area contributed by atoms with Gasteiger partial charge in [-0.3, -0.25) is 14.4 Å². The Hall–Kier alpha value is -2.40. The van der Waals surface area contributed by atoms with E-state index in [1.807, 2.05) is 30.3 Å². The van der Waals surface area contributed by atoms with Crippen LogP contribution in [0.4, 0.5) is 0 Å². The van der Waals surface area contributed by atoms with Crippen LogP contribution in [0.15, 0.2) is 41.2 Å². The van der Waals surface area contributed by atoms with Gasteiger partial charge < -0.3 is 4.98 Å². The summed E-state index contributed by atoms with van der Waals surface area (Å²) in [6.45, 7) is 0.284. The van der Waals surface area contributed by atoms with E-state index in [1.165, 1.54) is 7.05 Å². The van der Waals surface area contributed by atoms with E-state index in [4.69, 9.17) is 4.84 Å². The van der Waals surface area contributed by atoms with Crippen LogP contribution in [0.2, 0.25) is 0 Å². The number of rotatable bonds is 4. The lowest BCUT2D eigenvalue weighted by atomic mass is 10.1. The highest BCUT2D eigenvalue weighted by Gasteiger charge is 2.20. The van der Waals surface area contributed by atoms with Gasteiger partial charge in [-0.2, -0.15) is 0 Å². The van der Waals surface area contributed by atoms with Crippen LogP contribution in [-0.2, 0) is 24.3 Å². The fourth-order valence-electron chi connectivity index (χ4n) is 2.98. The fraction of sp³-hybridized carbons (Fsp3) is 0.368. The monoisotopic (exact) mass is 326 g/mol. The maximum Gasteiger partial charge on any atom is 0.282 e. The summed E-state index contributed by atoms with van der Waals surface area (Å²) in [7, 11) is 1.54.